The molecular formula is C15H28N2O. The zero-order chi connectivity index (χ0) is 13.2. The van der Waals surface area contributed by atoms with Crippen LogP contribution in [0.25, 0.3) is 0 Å². The summed E-state index contributed by atoms with van der Waals surface area (Å²) in [6, 6.07) is 0.373. The van der Waals surface area contributed by atoms with Gasteiger partial charge in [0.25, 0.3) is 0 Å². The highest BCUT2D eigenvalue weighted by Crippen LogP contribution is 2.38. The van der Waals surface area contributed by atoms with Gasteiger partial charge in [0.2, 0.25) is 5.91 Å². The second-order valence-electron chi connectivity index (χ2n) is 6.67. The fraction of sp³-hybridized carbons (Fsp3) is 0.933. The van der Waals surface area contributed by atoms with Crippen molar-refractivity contribution in [1.82, 2.24) is 5.32 Å². The molecule has 3 unspecified atom stereocenters. The van der Waals surface area contributed by atoms with Crippen LogP contribution in [0.3, 0.4) is 0 Å². The topological polar surface area (TPSA) is 55.1 Å². The number of hydrogen-bond acceptors (Lipinski definition) is 2. The predicted octanol–water partition coefficient (Wildman–Crippen LogP) is 2.45. The van der Waals surface area contributed by atoms with Crippen molar-refractivity contribution < 1.29 is 4.79 Å². The van der Waals surface area contributed by atoms with Crippen molar-refractivity contribution in [3.05, 3.63) is 0 Å². The molecular weight excluding hydrogens is 224 g/mol. The minimum atomic E-state index is -0.247. The molecule has 0 aromatic heterocycles. The summed E-state index contributed by atoms with van der Waals surface area (Å²) >= 11 is 0. The third-order valence-electron chi connectivity index (χ3n) is 5.18. The Bertz CT molecular complexity index is 297. The predicted molar refractivity (Wildman–Crippen MR) is 74.1 cm³/mol. The first-order chi connectivity index (χ1) is 8.57. The average molecular weight is 252 g/mol. The van der Waals surface area contributed by atoms with Crippen molar-refractivity contribution in [2.75, 3.05) is 6.54 Å². The van der Waals surface area contributed by atoms with Gasteiger partial charge in [0.1, 0.15) is 0 Å². The molecule has 2 saturated carbocycles. The molecule has 0 heterocycles. The van der Waals surface area contributed by atoms with Crippen LogP contribution in [0, 0.1) is 17.3 Å². The van der Waals surface area contributed by atoms with Gasteiger partial charge < -0.3 is 11.1 Å². The number of carbonyl (C=O) groups excluding carboxylic acids is 1. The molecule has 3 atom stereocenters. The molecule has 0 bridgehead atoms. The van der Waals surface area contributed by atoms with Crippen LogP contribution in [0.1, 0.15) is 58.8 Å². The van der Waals surface area contributed by atoms with E-state index in [1.54, 1.807) is 0 Å². The molecule has 2 fully saturated rings. The van der Waals surface area contributed by atoms with Crippen molar-refractivity contribution >= 4 is 5.91 Å². The molecule has 2 rings (SSSR count). The van der Waals surface area contributed by atoms with E-state index in [9.17, 15) is 4.79 Å². The smallest absolute Gasteiger partial charge is 0.227 e. The van der Waals surface area contributed by atoms with Gasteiger partial charge in [0.05, 0.1) is 5.41 Å². The largest absolute Gasteiger partial charge is 0.353 e. The van der Waals surface area contributed by atoms with Crippen LogP contribution >= 0.6 is 0 Å². The first-order valence-corrected chi connectivity index (χ1v) is 7.58. The second kappa shape index (κ2) is 5.60. The number of carbonyl (C=O) groups is 1. The summed E-state index contributed by atoms with van der Waals surface area (Å²) in [7, 11) is 0. The molecule has 0 aromatic carbocycles. The van der Waals surface area contributed by atoms with Crippen LogP contribution < -0.4 is 11.1 Å². The molecule has 3 N–H and O–H groups in total. The van der Waals surface area contributed by atoms with Crippen molar-refractivity contribution in [1.29, 1.82) is 0 Å². The zero-order valence-electron chi connectivity index (χ0n) is 11.9. The van der Waals surface area contributed by atoms with Gasteiger partial charge in [0.15, 0.2) is 0 Å². The monoisotopic (exact) mass is 252 g/mol. The normalized spacial score (nSPS) is 35.4. The number of nitrogens with two attached hydrogens (primary N) is 1. The van der Waals surface area contributed by atoms with Gasteiger partial charge in [-0.3, -0.25) is 4.79 Å². The van der Waals surface area contributed by atoms with E-state index in [-0.39, 0.29) is 11.3 Å². The highest BCUT2D eigenvalue weighted by molar-refractivity contribution is 5.83. The maximum absolute atomic E-state index is 12.5. The summed E-state index contributed by atoms with van der Waals surface area (Å²) in [6.45, 7) is 5.09. The first kappa shape index (κ1) is 13.9. The fourth-order valence-corrected chi connectivity index (χ4v) is 3.78. The maximum atomic E-state index is 12.5. The van der Waals surface area contributed by atoms with Gasteiger partial charge in [-0.15, -0.1) is 0 Å². The Hall–Kier alpha value is -0.570. The number of hydrogen-bond donors (Lipinski definition) is 2. The average Bonchev–Trinajstić information content (AvgIpc) is 2.82. The number of rotatable bonds is 3. The van der Waals surface area contributed by atoms with Crippen LogP contribution in [0.2, 0.25) is 0 Å². The third kappa shape index (κ3) is 2.71. The summed E-state index contributed by atoms with van der Waals surface area (Å²) in [5.74, 6) is 1.64. The van der Waals surface area contributed by atoms with E-state index >= 15 is 0 Å². The lowest BCUT2D eigenvalue weighted by Gasteiger charge is -2.36. The Labute approximate surface area is 111 Å². The van der Waals surface area contributed by atoms with Gasteiger partial charge in [-0.05, 0) is 43.9 Å². The van der Waals surface area contributed by atoms with Crippen LogP contribution in [-0.4, -0.2) is 18.5 Å². The first-order valence-electron chi connectivity index (χ1n) is 7.58. The molecule has 0 radical (unpaired) electrons. The van der Waals surface area contributed by atoms with Crippen molar-refractivity contribution in [3.8, 4) is 0 Å². The van der Waals surface area contributed by atoms with Crippen LogP contribution in [0.5, 0.6) is 0 Å². The molecule has 3 nitrogen and oxygen atoms in total. The lowest BCUT2D eigenvalue weighted by Crippen LogP contribution is -2.50. The van der Waals surface area contributed by atoms with Crippen molar-refractivity contribution in [2.24, 2.45) is 23.0 Å². The number of nitrogens with one attached hydrogen (secondary N) is 1. The minimum absolute atomic E-state index is 0.230. The van der Waals surface area contributed by atoms with Gasteiger partial charge in [-0.2, -0.15) is 0 Å². The van der Waals surface area contributed by atoms with Crippen molar-refractivity contribution in [2.45, 2.75) is 64.8 Å². The Morgan fingerprint density at radius 1 is 1.28 bits per heavy atom. The molecule has 0 aliphatic heterocycles. The highest BCUT2D eigenvalue weighted by Gasteiger charge is 2.41. The quantitative estimate of drug-likeness (QED) is 0.810. The lowest BCUT2D eigenvalue weighted by atomic mass is 9.78. The molecule has 2 aliphatic carbocycles. The zero-order valence-corrected chi connectivity index (χ0v) is 11.9. The maximum Gasteiger partial charge on any atom is 0.227 e. The van der Waals surface area contributed by atoms with E-state index in [0.717, 1.165) is 38.0 Å². The van der Waals surface area contributed by atoms with Crippen LogP contribution in [-0.2, 0) is 4.79 Å². The second-order valence-corrected chi connectivity index (χ2v) is 6.67. The molecule has 104 valence electrons. The summed E-state index contributed by atoms with van der Waals surface area (Å²) in [5, 5.41) is 3.30. The van der Waals surface area contributed by atoms with E-state index < -0.39 is 0 Å². The van der Waals surface area contributed by atoms with Crippen LogP contribution in [0.4, 0.5) is 0 Å². The van der Waals surface area contributed by atoms with Crippen molar-refractivity contribution in [3.63, 3.8) is 0 Å². The molecule has 3 heteroatoms. The SMILES string of the molecule is CC1CCC(NC(=O)C2(CN)CCCC2)C(C)C1. The summed E-state index contributed by atoms with van der Waals surface area (Å²) in [5.41, 5.74) is 5.62. The van der Waals surface area contributed by atoms with Crippen LogP contribution in [0.15, 0.2) is 0 Å². The Balaban J connectivity index is 1.94. The van der Waals surface area contributed by atoms with E-state index in [2.05, 4.69) is 19.2 Å². The van der Waals surface area contributed by atoms with E-state index in [4.69, 9.17) is 5.73 Å². The Morgan fingerprint density at radius 3 is 2.50 bits per heavy atom. The molecule has 2 aliphatic rings. The van der Waals surface area contributed by atoms with E-state index in [1.807, 2.05) is 0 Å². The van der Waals surface area contributed by atoms with Gasteiger partial charge in [-0.1, -0.05) is 26.7 Å². The molecule has 0 aromatic rings. The lowest BCUT2D eigenvalue weighted by molar-refractivity contribution is -0.131. The van der Waals surface area contributed by atoms with Gasteiger partial charge in [-0.25, -0.2) is 0 Å². The molecule has 0 saturated heterocycles. The standard InChI is InChI=1S/C15H28N2O/c1-11-5-6-13(12(2)9-11)17-14(18)15(10-16)7-3-4-8-15/h11-13H,3-10,16H2,1-2H3,(H,17,18). The highest BCUT2D eigenvalue weighted by atomic mass is 16.2. The van der Waals surface area contributed by atoms with Gasteiger partial charge in [0, 0.05) is 12.6 Å². The minimum Gasteiger partial charge on any atom is -0.353 e. The van der Waals surface area contributed by atoms with E-state index in [1.165, 1.54) is 12.8 Å². The Morgan fingerprint density at radius 2 is 1.94 bits per heavy atom. The molecule has 1 amide bonds. The summed E-state index contributed by atoms with van der Waals surface area (Å²) < 4.78 is 0. The van der Waals surface area contributed by atoms with Gasteiger partial charge >= 0.3 is 0 Å². The van der Waals surface area contributed by atoms with E-state index in [0.29, 0.717) is 18.5 Å². The summed E-state index contributed by atoms with van der Waals surface area (Å²) in [4.78, 5) is 12.5. The Kier molecular flexibility index (Phi) is 4.31. The third-order valence-corrected chi connectivity index (χ3v) is 5.18. The molecule has 0 spiro atoms. The summed E-state index contributed by atoms with van der Waals surface area (Å²) in [6.07, 6.45) is 7.88. The fourth-order valence-electron chi connectivity index (χ4n) is 3.78. The number of amides is 1. The molecule has 18 heavy (non-hydrogen) atoms.